The molecular formula is C19H32INO. The van der Waals surface area contributed by atoms with E-state index in [-0.39, 0.29) is 30.1 Å². The molecule has 2 nitrogen and oxygen atoms in total. The van der Waals surface area contributed by atoms with E-state index in [4.69, 9.17) is 0 Å². The minimum absolute atomic E-state index is 0. The highest BCUT2D eigenvalue weighted by atomic mass is 127. The van der Waals surface area contributed by atoms with Gasteiger partial charge in [0.2, 0.25) is 0 Å². The predicted octanol–water partition coefficient (Wildman–Crippen LogP) is 0.812. The number of aliphatic hydroxyl groups is 1. The minimum atomic E-state index is -0.215. The third kappa shape index (κ3) is 6.17. The highest BCUT2D eigenvalue weighted by Gasteiger charge is 2.31. The Kier molecular flexibility index (Phi) is 8.36. The highest BCUT2D eigenvalue weighted by molar-refractivity contribution is 5.22. The molecule has 1 aliphatic rings. The van der Waals surface area contributed by atoms with Crippen molar-refractivity contribution in [2.24, 2.45) is 5.92 Å². The van der Waals surface area contributed by atoms with Gasteiger partial charge in [-0.2, -0.15) is 0 Å². The van der Waals surface area contributed by atoms with Crippen LogP contribution in [0.1, 0.15) is 50.0 Å². The van der Waals surface area contributed by atoms with Crippen molar-refractivity contribution < 1.29 is 33.6 Å². The summed E-state index contributed by atoms with van der Waals surface area (Å²) in [5.41, 5.74) is 1.33. The van der Waals surface area contributed by atoms with E-state index in [1.165, 1.54) is 37.7 Å². The van der Waals surface area contributed by atoms with Gasteiger partial charge in [-0.25, -0.2) is 0 Å². The molecule has 0 spiro atoms. The van der Waals surface area contributed by atoms with E-state index < -0.39 is 0 Å². The quantitative estimate of drug-likeness (QED) is 0.537. The largest absolute Gasteiger partial charge is 1.00 e. The summed E-state index contributed by atoms with van der Waals surface area (Å²) in [4.78, 5) is 0. The summed E-state index contributed by atoms with van der Waals surface area (Å²) in [7, 11) is 6.60. The zero-order valence-electron chi connectivity index (χ0n) is 14.3. The van der Waals surface area contributed by atoms with Crippen LogP contribution >= 0.6 is 0 Å². The van der Waals surface area contributed by atoms with Gasteiger partial charge in [-0.15, -0.1) is 0 Å². The van der Waals surface area contributed by atoms with E-state index in [1.807, 2.05) is 0 Å². The van der Waals surface area contributed by atoms with Crippen LogP contribution in [0.4, 0.5) is 0 Å². The van der Waals surface area contributed by atoms with Crippen molar-refractivity contribution >= 4 is 0 Å². The van der Waals surface area contributed by atoms with Crippen LogP contribution in [0.15, 0.2) is 30.3 Å². The summed E-state index contributed by atoms with van der Waals surface area (Å²) >= 11 is 0. The molecule has 1 aromatic rings. The Hall–Kier alpha value is -0.130. The Morgan fingerprint density at radius 3 is 2.18 bits per heavy atom. The molecule has 0 saturated heterocycles. The molecule has 1 N–H and O–H groups in total. The second-order valence-corrected chi connectivity index (χ2v) is 7.70. The lowest BCUT2D eigenvalue weighted by atomic mass is 9.73. The Morgan fingerprint density at radius 2 is 1.64 bits per heavy atom. The molecule has 2 atom stereocenters. The third-order valence-corrected chi connectivity index (χ3v) is 4.85. The first kappa shape index (κ1) is 19.9. The average Bonchev–Trinajstić information content (AvgIpc) is 2.47. The van der Waals surface area contributed by atoms with Crippen LogP contribution < -0.4 is 24.0 Å². The van der Waals surface area contributed by atoms with Crippen LogP contribution in [0.5, 0.6) is 0 Å². The molecule has 1 fully saturated rings. The molecule has 0 bridgehead atoms. The van der Waals surface area contributed by atoms with Gasteiger partial charge >= 0.3 is 0 Å². The lowest BCUT2D eigenvalue weighted by Crippen LogP contribution is -3.00. The van der Waals surface area contributed by atoms with E-state index >= 15 is 0 Å². The Bertz CT molecular complexity index is 409. The van der Waals surface area contributed by atoms with E-state index in [9.17, 15) is 5.11 Å². The minimum Gasteiger partial charge on any atom is -1.00 e. The number of quaternary nitrogens is 1. The number of nitrogens with zero attached hydrogens (tertiary/aromatic N) is 1. The normalized spacial score (nSPS) is 19.3. The van der Waals surface area contributed by atoms with E-state index in [0.29, 0.717) is 11.8 Å². The van der Waals surface area contributed by atoms with E-state index in [2.05, 4.69) is 51.5 Å². The van der Waals surface area contributed by atoms with Gasteiger partial charge in [0.1, 0.15) is 0 Å². The SMILES string of the molecule is C[N+](C)(C)CCC(O)C(c1ccccc1)C1CCCCC1.[I-]. The smallest absolute Gasteiger partial charge is 0.0805 e. The molecule has 22 heavy (non-hydrogen) atoms. The maximum absolute atomic E-state index is 10.9. The van der Waals surface area contributed by atoms with Gasteiger partial charge in [-0.05, 0) is 24.3 Å². The van der Waals surface area contributed by atoms with Crippen LogP contribution in [0, 0.1) is 5.92 Å². The fourth-order valence-corrected chi connectivity index (χ4v) is 3.68. The first-order chi connectivity index (χ1) is 9.97. The predicted molar refractivity (Wildman–Crippen MR) is 89.3 cm³/mol. The molecule has 0 heterocycles. The Morgan fingerprint density at radius 1 is 1.05 bits per heavy atom. The molecule has 1 aliphatic carbocycles. The Labute approximate surface area is 153 Å². The molecule has 0 aromatic heterocycles. The van der Waals surface area contributed by atoms with Gasteiger partial charge in [-0.1, -0.05) is 49.6 Å². The molecule has 1 saturated carbocycles. The summed E-state index contributed by atoms with van der Waals surface area (Å²) in [6, 6.07) is 10.7. The monoisotopic (exact) mass is 417 g/mol. The van der Waals surface area contributed by atoms with Crippen molar-refractivity contribution in [1.29, 1.82) is 0 Å². The second-order valence-electron chi connectivity index (χ2n) is 7.70. The summed E-state index contributed by atoms with van der Waals surface area (Å²) in [6.07, 6.45) is 7.26. The van der Waals surface area contributed by atoms with Gasteiger partial charge < -0.3 is 33.6 Å². The number of hydrogen-bond acceptors (Lipinski definition) is 1. The molecule has 2 rings (SSSR count). The van der Waals surface area contributed by atoms with Crippen molar-refractivity contribution in [3.63, 3.8) is 0 Å². The molecule has 0 amide bonds. The standard InChI is InChI=1S/C19H32NO.HI/c1-20(2,3)15-14-18(21)19(16-10-6-4-7-11-16)17-12-8-5-9-13-17;/h4,6-7,10-11,17-19,21H,5,8-9,12-15H2,1-3H3;1H/q+1;/p-1. The topological polar surface area (TPSA) is 20.2 Å². The van der Waals surface area contributed by atoms with Crippen LogP contribution in [-0.4, -0.2) is 43.4 Å². The fourth-order valence-electron chi connectivity index (χ4n) is 3.68. The zero-order valence-corrected chi connectivity index (χ0v) is 16.5. The average molecular weight is 417 g/mol. The van der Waals surface area contributed by atoms with Gasteiger partial charge in [0, 0.05) is 12.3 Å². The third-order valence-electron chi connectivity index (χ3n) is 4.85. The number of aliphatic hydroxyl groups excluding tert-OH is 1. The number of benzene rings is 1. The van der Waals surface area contributed by atoms with E-state index in [1.54, 1.807) is 0 Å². The van der Waals surface area contributed by atoms with Crippen molar-refractivity contribution in [1.82, 2.24) is 0 Å². The maximum atomic E-state index is 10.9. The number of hydrogen-bond donors (Lipinski definition) is 1. The van der Waals surface area contributed by atoms with Crippen LogP contribution in [-0.2, 0) is 0 Å². The molecule has 3 heteroatoms. The second kappa shape index (κ2) is 9.24. The lowest BCUT2D eigenvalue weighted by molar-refractivity contribution is -0.870. The molecule has 0 aliphatic heterocycles. The van der Waals surface area contributed by atoms with E-state index in [0.717, 1.165) is 17.4 Å². The maximum Gasteiger partial charge on any atom is 0.0805 e. The van der Waals surface area contributed by atoms with Crippen LogP contribution in [0.2, 0.25) is 0 Å². The van der Waals surface area contributed by atoms with Gasteiger partial charge in [0.05, 0.1) is 33.8 Å². The van der Waals surface area contributed by atoms with Crippen molar-refractivity contribution in [2.75, 3.05) is 27.7 Å². The molecule has 1 aromatic carbocycles. The Balaban J connectivity index is 0.00000242. The molecular weight excluding hydrogens is 385 g/mol. The summed E-state index contributed by atoms with van der Waals surface area (Å²) in [5, 5.41) is 10.9. The van der Waals surface area contributed by atoms with Crippen LogP contribution in [0.3, 0.4) is 0 Å². The zero-order chi connectivity index (χ0) is 15.3. The summed E-state index contributed by atoms with van der Waals surface area (Å²) in [5.74, 6) is 0.974. The molecule has 2 unspecified atom stereocenters. The van der Waals surface area contributed by atoms with Crippen LogP contribution in [0.25, 0.3) is 0 Å². The number of rotatable bonds is 6. The summed E-state index contributed by atoms with van der Waals surface area (Å²) < 4.78 is 0.920. The summed E-state index contributed by atoms with van der Waals surface area (Å²) in [6.45, 7) is 1.03. The molecule has 0 radical (unpaired) electrons. The molecule has 126 valence electrons. The van der Waals surface area contributed by atoms with Crippen molar-refractivity contribution in [2.45, 2.75) is 50.5 Å². The van der Waals surface area contributed by atoms with Gasteiger partial charge in [0.25, 0.3) is 0 Å². The highest BCUT2D eigenvalue weighted by Crippen LogP contribution is 2.39. The first-order valence-electron chi connectivity index (χ1n) is 8.51. The lowest BCUT2D eigenvalue weighted by Gasteiger charge is -2.35. The van der Waals surface area contributed by atoms with Crippen molar-refractivity contribution in [3.8, 4) is 0 Å². The van der Waals surface area contributed by atoms with Crippen molar-refractivity contribution in [3.05, 3.63) is 35.9 Å². The first-order valence-corrected chi connectivity index (χ1v) is 8.51. The van der Waals surface area contributed by atoms with Gasteiger partial charge in [0.15, 0.2) is 0 Å². The van der Waals surface area contributed by atoms with Gasteiger partial charge in [-0.3, -0.25) is 0 Å². The fraction of sp³-hybridized carbons (Fsp3) is 0.684. The number of halogens is 1.